The van der Waals surface area contributed by atoms with Crippen LogP contribution in [0.15, 0.2) is 52.5 Å². The van der Waals surface area contributed by atoms with E-state index in [2.05, 4.69) is 15.8 Å². The lowest BCUT2D eigenvalue weighted by molar-refractivity contribution is -0.124. The van der Waals surface area contributed by atoms with Crippen LogP contribution in [0.1, 0.15) is 24.0 Å². The number of hydrogen-bond acceptors (Lipinski definition) is 4. The molecule has 2 amide bonds. The Morgan fingerprint density at radius 1 is 1.12 bits per heavy atom. The number of amides is 2. The molecular formula is C19H20ClN3O2S. The van der Waals surface area contributed by atoms with E-state index in [0.717, 1.165) is 16.0 Å². The highest BCUT2D eigenvalue weighted by molar-refractivity contribution is 7.98. The van der Waals surface area contributed by atoms with Gasteiger partial charge < -0.3 is 5.32 Å². The molecule has 0 unspecified atom stereocenters. The molecule has 7 heteroatoms. The van der Waals surface area contributed by atoms with E-state index < -0.39 is 0 Å². The normalized spacial score (nSPS) is 10.7. The van der Waals surface area contributed by atoms with E-state index in [4.69, 9.17) is 11.6 Å². The molecule has 2 rings (SSSR count). The van der Waals surface area contributed by atoms with Crippen LogP contribution in [0, 0.1) is 6.92 Å². The quantitative estimate of drug-likeness (QED) is 0.422. The summed E-state index contributed by atoms with van der Waals surface area (Å²) in [5.41, 5.74) is 4.75. The van der Waals surface area contributed by atoms with Gasteiger partial charge in [-0.15, -0.1) is 11.8 Å². The molecule has 0 bridgehead atoms. The van der Waals surface area contributed by atoms with Crippen molar-refractivity contribution in [3.63, 3.8) is 0 Å². The van der Waals surface area contributed by atoms with Crippen molar-refractivity contribution < 1.29 is 9.59 Å². The highest BCUT2D eigenvalue weighted by Gasteiger charge is 2.09. The smallest absolute Gasteiger partial charge is 0.240 e. The predicted octanol–water partition coefficient (Wildman–Crippen LogP) is 4.24. The summed E-state index contributed by atoms with van der Waals surface area (Å²) in [5.74, 6) is -0.567. The zero-order valence-corrected chi connectivity index (χ0v) is 16.2. The van der Waals surface area contributed by atoms with Crippen molar-refractivity contribution in [3.8, 4) is 0 Å². The second kappa shape index (κ2) is 9.99. The summed E-state index contributed by atoms with van der Waals surface area (Å²) >= 11 is 7.68. The Morgan fingerprint density at radius 2 is 1.81 bits per heavy atom. The first-order valence-electron chi connectivity index (χ1n) is 8.00. The first kappa shape index (κ1) is 20.0. The third-order valence-electron chi connectivity index (χ3n) is 3.64. The van der Waals surface area contributed by atoms with Crippen LogP contribution in [0.25, 0.3) is 0 Å². The molecule has 0 fully saturated rings. The Hall–Kier alpha value is -2.31. The van der Waals surface area contributed by atoms with Gasteiger partial charge in [-0.25, -0.2) is 5.43 Å². The summed E-state index contributed by atoms with van der Waals surface area (Å²) in [6.45, 7) is 1.82. The number of halogens is 1. The van der Waals surface area contributed by atoms with Gasteiger partial charge in [-0.3, -0.25) is 9.59 Å². The summed E-state index contributed by atoms with van der Waals surface area (Å²) in [6.07, 6.45) is 3.69. The van der Waals surface area contributed by atoms with Crippen molar-refractivity contribution in [3.05, 3.63) is 58.6 Å². The van der Waals surface area contributed by atoms with Gasteiger partial charge in [0.15, 0.2) is 0 Å². The largest absolute Gasteiger partial charge is 0.326 e. The van der Waals surface area contributed by atoms with Crippen molar-refractivity contribution in [2.24, 2.45) is 5.10 Å². The van der Waals surface area contributed by atoms with Gasteiger partial charge in [-0.05, 0) is 48.6 Å². The third-order valence-corrected chi connectivity index (χ3v) is 4.79. The van der Waals surface area contributed by atoms with Crippen molar-refractivity contribution in [1.82, 2.24) is 5.43 Å². The van der Waals surface area contributed by atoms with E-state index in [0.29, 0.717) is 10.7 Å². The number of carbonyl (C=O) groups excluding carboxylic acids is 2. The zero-order chi connectivity index (χ0) is 18.9. The SMILES string of the molecule is CSc1ccc(C=NNC(=O)CCC(=O)Nc2cccc(Cl)c2C)cc1. The van der Waals surface area contributed by atoms with Gasteiger partial charge >= 0.3 is 0 Å². The van der Waals surface area contributed by atoms with E-state index >= 15 is 0 Å². The molecule has 0 aliphatic heterocycles. The average molecular weight is 390 g/mol. The van der Waals surface area contributed by atoms with Crippen molar-refractivity contribution in [1.29, 1.82) is 0 Å². The van der Waals surface area contributed by atoms with Gasteiger partial charge in [-0.1, -0.05) is 29.8 Å². The van der Waals surface area contributed by atoms with Crippen LogP contribution in [0.4, 0.5) is 5.69 Å². The fourth-order valence-electron chi connectivity index (χ4n) is 2.11. The standard InChI is InChI=1S/C19H20ClN3O2S/c1-13-16(20)4-3-5-17(13)22-18(24)10-11-19(25)23-21-12-14-6-8-15(26-2)9-7-14/h3-9,12H,10-11H2,1-2H3,(H,22,24)(H,23,25). The third kappa shape index (κ3) is 6.20. The number of carbonyl (C=O) groups is 2. The Balaban J connectivity index is 1.76. The Labute approximate surface area is 162 Å². The molecule has 2 aromatic rings. The molecule has 0 atom stereocenters. The molecule has 0 aliphatic rings. The van der Waals surface area contributed by atoms with E-state index in [1.807, 2.05) is 37.4 Å². The highest BCUT2D eigenvalue weighted by Crippen LogP contribution is 2.23. The molecule has 0 saturated carbocycles. The van der Waals surface area contributed by atoms with Crippen molar-refractivity contribution >= 4 is 47.1 Å². The van der Waals surface area contributed by atoms with Gasteiger partial charge in [0.1, 0.15) is 0 Å². The summed E-state index contributed by atoms with van der Waals surface area (Å²) in [4.78, 5) is 24.9. The predicted molar refractivity (Wildman–Crippen MR) is 108 cm³/mol. The Morgan fingerprint density at radius 3 is 2.50 bits per heavy atom. The molecule has 0 spiro atoms. The first-order valence-corrected chi connectivity index (χ1v) is 9.61. The number of nitrogens with one attached hydrogen (secondary N) is 2. The maximum atomic E-state index is 12.0. The molecule has 136 valence electrons. The van der Waals surface area contributed by atoms with E-state index in [9.17, 15) is 9.59 Å². The molecular weight excluding hydrogens is 370 g/mol. The minimum absolute atomic E-state index is 0.0498. The molecule has 0 aromatic heterocycles. The maximum absolute atomic E-state index is 12.0. The van der Waals surface area contributed by atoms with Gasteiger partial charge in [0, 0.05) is 28.4 Å². The number of nitrogens with zero attached hydrogens (tertiary/aromatic N) is 1. The first-order chi connectivity index (χ1) is 12.5. The average Bonchev–Trinajstić information content (AvgIpc) is 2.64. The van der Waals surface area contributed by atoms with Gasteiger partial charge in [0.05, 0.1) is 6.21 Å². The number of benzene rings is 2. The molecule has 0 radical (unpaired) electrons. The fraction of sp³-hybridized carbons (Fsp3) is 0.211. The van der Waals surface area contributed by atoms with Gasteiger partial charge in [0.2, 0.25) is 11.8 Å². The topological polar surface area (TPSA) is 70.6 Å². The monoisotopic (exact) mass is 389 g/mol. The molecule has 2 N–H and O–H groups in total. The van der Waals surface area contributed by atoms with Crippen molar-refractivity contribution in [2.75, 3.05) is 11.6 Å². The second-order valence-corrected chi connectivity index (χ2v) is 6.81. The molecule has 26 heavy (non-hydrogen) atoms. The van der Waals surface area contributed by atoms with E-state index in [1.165, 1.54) is 0 Å². The number of hydrazone groups is 1. The maximum Gasteiger partial charge on any atom is 0.240 e. The summed E-state index contributed by atoms with van der Waals surface area (Å²) in [5, 5.41) is 7.24. The highest BCUT2D eigenvalue weighted by atomic mass is 35.5. The van der Waals surface area contributed by atoms with Crippen LogP contribution in [0.3, 0.4) is 0 Å². The summed E-state index contributed by atoms with van der Waals surface area (Å²) < 4.78 is 0. The number of anilines is 1. The summed E-state index contributed by atoms with van der Waals surface area (Å²) in [6, 6.07) is 13.1. The zero-order valence-electron chi connectivity index (χ0n) is 14.6. The van der Waals surface area contributed by atoms with Crippen LogP contribution >= 0.6 is 23.4 Å². The van der Waals surface area contributed by atoms with Crippen LogP contribution in [-0.2, 0) is 9.59 Å². The minimum atomic E-state index is -0.319. The second-order valence-electron chi connectivity index (χ2n) is 5.53. The fourth-order valence-corrected chi connectivity index (χ4v) is 2.69. The minimum Gasteiger partial charge on any atom is -0.326 e. The van der Waals surface area contributed by atoms with Gasteiger partial charge in [-0.2, -0.15) is 5.10 Å². The number of thioether (sulfide) groups is 1. The molecule has 0 heterocycles. The molecule has 0 saturated heterocycles. The lowest BCUT2D eigenvalue weighted by Gasteiger charge is -2.09. The number of rotatable bonds is 7. The van der Waals surface area contributed by atoms with Crippen LogP contribution in [0.2, 0.25) is 5.02 Å². The van der Waals surface area contributed by atoms with Crippen LogP contribution in [-0.4, -0.2) is 24.3 Å². The molecule has 5 nitrogen and oxygen atoms in total. The van der Waals surface area contributed by atoms with Crippen LogP contribution < -0.4 is 10.7 Å². The van der Waals surface area contributed by atoms with Gasteiger partial charge in [0.25, 0.3) is 0 Å². The van der Waals surface area contributed by atoms with Crippen LogP contribution in [0.5, 0.6) is 0 Å². The Kier molecular flexibility index (Phi) is 7.69. The van der Waals surface area contributed by atoms with E-state index in [1.54, 1.807) is 36.2 Å². The van der Waals surface area contributed by atoms with Crippen molar-refractivity contribution in [2.45, 2.75) is 24.7 Å². The number of hydrogen-bond donors (Lipinski definition) is 2. The summed E-state index contributed by atoms with van der Waals surface area (Å²) in [7, 11) is 0. The molecule has 0 aliphatic carbocycles. The van der Waals surface area contributed by atoms with E-state index in [-0.39, 0.29) is 24.7 Å². The lowest BCUT2D eigenvalue weighted by atomic mass is 10.2. The lowest BCUT2D eigenvalue weighted by Crippen LogP contribution is -2.20. The Bertz CT molecular complexity index is 807. The molecule has 2 aromatic carbocycles.